The van der Waals surface area contributed by atoms with Crippen LogP contribution in [0.2, 0.25) is 0 Å². The fourth-order valence-electron chi connectivity index (χ4n) is 4.01. The van der Waals surface area contributed by atoms with E-state index < -0.39 is 0 Å². The Hall–Kier alpha value is -3.10. The Morgan fingerprint density at radius 2 is 1.62 bits per heavy atom. The summed E-state index contributed by atoms with van der Waals surface area (Å²) < 4.78 is 1.26. The smallest absolute Gasteiger partial charge is 0.277 e. The zero-order valence-corrected chi connectivity index (χ0v) is 18.3. The van der Waals surface area contributed by atoms with E-state index in [9.17, 15) is 9.59 Å². The van der Waals surface area contributed by atoms with Gasteiger partial charge in [0.1, 0.15) is 5.52 Å². The predicted octanol–water partition coefficient (Wildman–Crippen LogP) is 1.51. The van der Waals surface area contributed by atoms with Crippen LogP contribution in [0.1, 0.15) is 18.4 Å². The van der Waals surface area contributed by atoms with E-state index >= 15 is 0 Å². The molecule has 1 aliphatic heterocycles. The summed E-state index contributed by atoms with van der Waals surface area (Å²) in [4.78, 5) is 29.5. The number of nitrogens with zero attached hydrogens (tertiary/aromatic N) is 5. The lowest BCUT2D eigenvalue weighted by molar-refractivity contribution is -0.121. The fraction of sp³-hybridized carbons (Fsp3) is 0.417. The zero-order valence-electron chi connectivity index (χ0n) is 18.3. The van der Waals surface area contributed by atoms with E-state index in [0.29, 0.717) is 17.4 Å². The highest BCUT2D eigenvalue weighted by Crippen LogP contribution is 2.08. The van der Waals surface area contributed by atoms with Crippen molar-refractivity contribution in [2.75, 3.05) is 39.3 Å². The minimum Gasteiger partial charge on any atom is -0.356 e. The second-order valence-corrected chi connectivity index (χ2v) is 8.19. The standard InChI is InChI=1S/C24H30N6O2/c31-23(11-14-30-24(32)21-9-4-5-10-22(21)26-27-30)25-12-6-13-28-15-17-29(18-16-28)19-20-7-2-1-3-8-20/h1-5,7-10H,6,11-19H2,(H,25,31). The maximum absolute atomic E-state index is 12.4. The van der Waals surface area contributed by atoms with Crippen LogP contribution in [0, 0.1) is 0 Å². The Kier molecular flexibility index (Phi) is 7.58. The molecule has 1 amide bonds. The van der Waals surface area contributed by atoms with Crippen molar-refractivity contribution in [3.05, 3.63) is 70.5 Å². The van der Waals surface area contributed by atoms with Gasteiger partial charge in [-0.3, -0.25) is 14.5 Å². The first kappa shape index (κ1) is 22.1. The number of piperazine rings is 1. The number of aromatic nitrogens is 3. The lowest BCUT2D eigenvalue weighted by Crippen LogP contribution is -2.46. The van der Waals surface area contributed by atoms with Crippen molar-refractivity contribution < 1.29 is 4.79 Å². The molecular formula is C24H30N6O2. The van der Waals surface area contributed by atoms with Gasteiger partial charge >= 0.3 is 0 Å². The summed E-state index contributed by atoms with van der Waals surface area (Å²) in [5, 5.41) is 11.5. The topological polar surface area (TPSA) is 83.4 Å². The molecule has 1 aromatic heterocycles. The highest BCUT2D eigenvalue weighted by Gasteiger charge is 2.16. The molecule has 1 N–H and O–H groups in total. The van der Waals surface area contributed by atoms with Gasteiger partial charge < -0.3 is 10.2 Å². The third kappa shape index (κ3) is 5.99. The zero-order chi connectivity index (χ0) is 22.2. The van der Waals surface area contributed by atoms with Gasteiger partial charge in [-0.25, -0.2) is 4.68 Å². The van der Waals surface area contributed by atoms with Crippen molar-refractivity contribution >= 4 is 16.8 Å². The van der Waals surface area contributed by atoms with Crippen LogP contribution in [-0.4, -0.2) is 70.0 Å². The summed E-state index contributed by atoms with van der Waals surface area (Å²) in [7, 11) is 0. The van der Waals surface area contributed by atoms with Gasteiger partial charge in [0, 0.05) is 45.7 Å². The minimum atomic E-state index is -0.213. The van der Waals surface area contributed by atoms with Crippen molar-refractivity contribution in [1.82, 2.24) is 30.1 Å². The van der Waals surface area contributed by atoms with Gasteiger partial charge in [0.05, 0.1) is 11.9 Å². The molecule has 1 aliphatic rings. The summed E-state index contributed by atoms with van der Waals surface area (Å²) >= 11 is 0. The number of carbonyl (C=O) groups excluding carboxylic acids is 1. The van der Waals surface area contributed by atoms with Crippen LogP contribution in [-0.2, 0) is 17.9 Å². The third-order valence-electron chi connectivity index (χ3n) is 5.87. The molecule has 4 rings (SSSR count). The SMILES string of the molecule is O=C(CCn1nnc2ccccc2c1=O)NCCCN1CCN(Cc2ccccc2)CC1. The quantitative estimate of drug-likeness (QED) is 0.514. The van der Waals surface area contributed by atoms with E-state index in [-0.39, 0.29) is 24.4 Å². The Labute approximate surface area is 187 Å². The summed E-state index contributed by atoms with van der Waals surface area (Å²) in [6.45, 7) is 7.12. The van der Waals surface area contributed by atoms with Crippen LogP contribution in [0.3, 0.4) is 0 Å². The van der Waals surface area contributed by atoms with Crippen LogP contribution in [0.15, 0.2) is 59.4 Å². The van der Waals surface area contributed by atoms with Gasteiger partial charge in [-0.15, -0.1) is 5.10 Å². The van der Waals surface area contributed by atoms with E-state index in [0.717, 1.165) is 45.7 Å². The molecule has 2 aromatic carbocycles. The number of amides is 1. The molecule has 0 unspecified atom stereocenters. The van der Waals surface area contributed by atoms with Gasteiger partial charge in [-0.1, -0.05) is 47.7 Å². The van der Waals surface area contributed by atoms with Crippen LogP contribution in [0.25, 0.3) is 10.9 Å². The van der Waals surface area contributed by atoms with E-state index in [1.165, 1.54) is 10.2 Å². The third-order valence-corrected chi connectivity index (χ3v) is 5.87. The number of benzene rings is 2. The molecule has 0 bridgehead atoms. The average molecular weight is 435 g/mol. The van der Waals surface area contributed by atoms with Gasteiger partial charge in [0.15, 0.2) is 0 Å². The number of nitrogens with one attached hydrogen (secondary N) is 1. The summed E-state index contributed by atoms with van der Waals surface area (Å²) in [6.07, 6.45) is 1.13. The lowest BCUT2D eigenvalue weighted by atomic mass is 10.2. The number of aryl methyl sites for hydroxylation is 1. The summed E-state index contributed by atoms with van der Waals surface area (Å²) in [5.74, 6) is -0.0699. The van der Waals surface area contributed by atoms with Crippen LogP contribution in [0.4, 0.5) is 0 Å². The molecule has 32 heavy (non-hydrogen) atoms. The normalized spacial score (nSPS) is 15.1. The van der Waals surface area contributed by atoms with Gasteiger partial charge in [-0.05, 0) is 30.7 Å². The molecular weight excluding hydrogens is 404 g/mol. The first-order chi connectivity index (χ1) is 15.7. The van der Waals surface area contributed by atoms with Crippen molar-refractivity contribution in [1.29, 1.82) is 0 Å². The predicted molar refractivity (Wildman–Crippen MR) is 124 cm³/mol. The number of fused-ring (bicyclic) bond motifs is 1. The molecule has 0 spiro atoms. The molecule has 3 aromatic rings. The Bertz CT molecular complexity index is 1080. The minimum absolute atomic E-state index is 0.0699. The Morgan fingerprint density at radius 3 is 2.44 bits per heavy atom. The van der Waals surface area contributed by atoms with E-state index in [4.69, 9.17) is 0 Å². The van der Waals surface area contributed by atoms with Crippen molar-refractivity contribution in [2.24, 2.45) is 0 Å². The fourth-order valence-corrected chi connectivity index (χ4v) is 4.01. The van der Waals surface area contributed by atoms with Crippen molar-refractivity contribution in [3.8, 4) is 0 Å². The first-order valence-corrected chi connectivity index (χ1v) is 11.3. The van der Waals surface area contributed by atoms with Gasteiger partial charge in [-0.2, -0.15) is 0 Å². The van der Waals surface area contributed by atoms with Crippen LogP contribution < -0.4 is 10.9 Å². The highest BCUT2D eigenvalue weighted by molar-refractivity contribution is 5.77. The van der Waals surface area contributed by atoms with Gasteiger partial charge in [0.25, 0.3) is 5.56 Å². The number of hydrogen-bond donors (Lipinski definition) is 1. The molecule has 8 nitrogen and oxygen atoms in total. The Morgan fingerprint density at radius 1 is 0.906 bits per heavy atom. The maximum Gasteiger partial charge on any atom is 0.277 e. The summed E-state index contributed by atoms with van der Waals surface area (Å²) in [5.41, 5.74) is 1.72. The molecule has 0 saturated carbocycles. The Balaban J connectivity index is 1.11. The molecule has 0 radical (unpaired) electrons. The van der Waals surface area contributed by atoms with E-state index in [2.05, 4.69) is 55.8 Å². The second kappa shape index (κ2) is 11.0. The number of hydrogen-bond acceptors (Lipinski definition) is 6. The molecule has 0 atom stereocenters. The lowest BCUT2D eigenvalue weighted by Gasteiger charge is -2.34. The average Bonchev–Trinajstić information content (AvgIpc) is 2.83. The van der Waals surface area contributed by atoms with E-state index in [1.807, 2.05) is 6.07 Å². The molecule has 168 valence electrons. The molecule has 1 fully saturated rings. The largest absolute Gasteiger partial charge is 0.356 e. The highest BCUT2D eigenvalue weighted by atomic mass is 16.2. The maximum atomic E-state index is 12.4. The summed E-state index contributed by atoms with van der Waals surface area (Å²) in [6, 6.07) is 17.7. The monoisotopic (exact) mass is 434 g/mol. The number of carbonyl (C=O) groups is 1. The van der Waals surface area contributed by atoms with Crippen molar-refractivity contribution in [3.63, 3.8) is 0 Å². The van der Waals surface area contributed by atoms with Crippen LogP contribution >= 0.6 is 0 Å². The molecule has 1 saturated heterocycles. The molecule has 2 heterocycles. The molecule has 0 aliphatic carbocycles. The first-order valence-electron chi connectivity index (χ1n) is 11.3. The molecule has 8 heteroatoms. The van der Waals surface area contributed by atoms with E-state index in [1.54, 1.807) is 18.2 Å². The second-order valence-electron chi connectivity index (χ2n) is 8.19. The van der Waals surface area contributed by atoms with Gasteiger partial charge in [0.2, 0.25) is 5.91 Å². The number of rotatable bonds is 9. The van der Waals surface area contributed by atoms with Crippen LogP contribution in [0.5, 0.6) is 0 Å². The van der Waals surface area contributed by atoms with Crippen molar-refractivity contribution in [2.45, 2.75) is 25.9 Å².